The zero-order valence-corrected chi connectivity index (χ0v) is 15.0. The Morgan fingerprint density at radius 1 is 1.19 bits per heavy atom. The lowest BCUT2D eigenvalue weighted by Crippen LogP contribution is -2.49. The van der Waals surface area contributed by atoms with Crippen molar-refractivity contribution in [3.05, 3.63) is 47.0 Å². The first-order valence-electron chi connectivity index (χ1n) is 9.05. The number of hydrogen-bond donors (Lipinski definition) is 1. The lowest BCUT2D eigenvalue weighted by molar-refractivity contribution is -0.00702. The molecule has 7 heteroatoms. The number of hydrogen-bond acceptors (Lipinski definition) is 4. The molecule has 0 spiro atoms. The van der Waals surface area contributed by atoms with E-state index in [-0.39, 0.29) is 23.9 Å². The molecule has 1 aromatic heterocycles. The first-order chi connectivity index (χ1) is 12.5. The van der Waals surface area contributed by atoms with Gasteiger partial charge in [0, 0.05) is 43.9 Å². The zero-order valence-electron chi connectivity index (χ0n) is 15.0. The minimum atomic E-state index is -0.238. The van der Waals surface area contributed by atoms with E-state index in [2.05, 4.69) is 15.1 Å². The molecular formula is C19H23FN4O2. The van der Waals surface area contributed by atoms with Crippen molar-refractivity contribution in [2.75, 3.05) is 31.1 Å². The third-order valence-electron chi connectivity index (χ3n) is 5.19. The third-order valence-corrected chi connectivity index (χ3v) is 5.19. The summed E-state index contributed by atoms with van der Waals surface area (Å²) in [6.45, 7) is 6.68. The number of fused-ring (bicyclic) bond motifs is 1. The Bertz CT molecular complexity index is 796. The minimum Gasteiger partial charge on any atom is -0.369 e. The molecule has 1 amide bonds. The van der Waals surface area contributed by atoms with Crippen molar-refractivity contribution in [2.45, 2.75) is 32.5 Å². The molecular weight excluding hydrogens is 335 g/mol. The lowest BCUT2D eigenvalue weighted by atomic mass is 9.99. The number of rotatable bonds is 2. The highest BCUT2D eigenvalue weighted by molar-refractivity contribution is 5.94. The summed E-state index contributed by atoms with van der Waals surface area (Å²) in [4.78, 5) is 17.0. The molecule has 3 heterocycles. The number of carbonyl (C=O) groups excluding carboxylic acids is 1. The Hall–Kier alpha value is -2.41. The standard InChI is InChI=1S/C19H23FN4O2/c1-12-11-16-17(13(2)26-12)21-22-18(16)19(25)24-9-7-23(8-10-24)15-5-3-14(20)4-6-15/h3-6,12-13H,7-11H2,1-2H3,(H,21,22)/t12-,13+/m1/s1. The van der Waals surface area contributed by atoms with E-state index >= 15 is 0 Å². The van der Waals surface area contributed by atoms with Gasteiger partial charge in [-0.05, 0) is 38.1 Å². The number of benzene rings is 1. The van der Waals surface area contributed by atoms with Gasteiger partial charge in [-0.25, -0.2) is 4.39 Å². The normalized spacial score (nSPS) is 23.0. The Kier molecular flexibility index (Phi) is 4.40. The average Bonchev–Trinajstić information content (AvgIpc) is 3.06. The van der Waals surface area contributed by atoms with Crippen molar-refractivity contribution < 1.29 is 13.9 Å². The molecule has 0 bridgehead atoms. The maximum atomic E-state index is 13.1. The quantitative estimate of drug-likeness (QED) is 0.896. The maximum absolute atomic E-state index is 13.1. The Labute approximate surface area is 151 Å². The van der Waals surface area contributed by atoms with Crippen LogP contribution < -0.4 is 4.90 Å². The van der Waals surface area contributed by atoms with E-state index in [1.54, 1.807) is 12.1 Å². The van der Waals surface area contributed by atoms with Gasteiger partial charge < -0.3 is 14.5 Å². The van der Waals surface area contributed by atoms with Gasteiger partial charge in [-0.3, -0.25) is 9.89 Å². The van der Waals surface area contributed by atoms with Gasteiger partial charge in [0.25, 0.3) is 5.91 Å². The molecule has 1 aromatic carbocycles. The number of halogens is 1. The Morgan fingerprint density at radius 2 is 1.88 bits per heavy atom. The van der Waals surface area contributed by atoms with Gasteiger partial charge in [0.1, 0.15) is 5.82 Å². The predicted octanol–water partition coefficient (Wildman–Crippen LogP) is 2.53. The number of anilines is 1. The summed E-state index contributed by atoms with van der Waals surface area (Å²) >= 11 is 0. The monoisotopic (exact) mass is 358 g/mol. The number of nitrogens with zero attached hydrogens (tertiary/aromatic N) is 3. The van der Waals surface area contributed by atoms with Crippen LogP contribution in [-0.4, -0.2) is 53.3 Å². The summed E-state index contributed by atoms with van der Waals surface area (Å²) in [5, 5.41) is 7.28. The Morgan fingerprint density at radius 3 is 2.58 bits per heavy atom. The van der Waals surface area contributed by atoms with Crippen molar-refractivity contribution >= 4 is 11.6 Å². The van der Waals surface area contributed by atoms with Gasteiger partial charge in [0.15, 0.2) is 5.69 Å². The van der Waals surface area contributed by atoms with E-state index in [1.165, 1.54) is 12.1 Å². The molecule has 2 aromatic rings. The largest absolute Gasteiger partial charge is 0.369 e. The first kappa shape index (κ1) is 17.0. The summed E-state index contributed by atoms with van der Waals surface area (Å²) in [6.07, 6.45) is 0.711. The summed E-state index contributed by atoms with van der Waals surface area (Å²) in [7, 11) is 0. The van der Waals surface area contributed by atoms with Crippen LogP contribution in [0.1, 0.15) is 41.7 Å². The molecule has 4 rings (SSSR count). The zero-order chi connectivity index (χ0) is 18.3. The lowest BCUT2D eigenvalue weighted by Gasteiger charge is -2.36. The molecule has 0 saturated carbocycles. The van der Waals surface area contributed by atoms with Gasteiger partial charge in [0.05, 0.1) is 17.9 Å². The van der Waals surface area contributed by atoms with E-state index in [9.17, 15) is 9.18 Å². The number of aromatic nitrogens is 2. The van der Waals surface area contributed by atoms with Crippen molar-refractivity contribution in [2.24, 2.45) is 0 Å². The first-order valence-corrected chi connectivity index (χ1v) is 9.05. The minimum absolute atomic E-state index is 0.0254. The molecule has 0 aliphatic carbocycles. The van der Waals surface area contributed by atoms with Gasteiger partial charge >= 0.3 is 0 Å². The number of nitrogens with one attached hydrogen (secondary N) is 1. The fraction of sp³-hybridized carbons (Fsp3) is 0.474. The molecule has 6 nitrogen and oxygen atoms in total. The highest BCUT2D eigenvalue weighted by atomic mass is 19.1. The van der Waals surface area contributed by atoms with Gasteiger partial charge in [0.2, 0.25) is 0 Å². The smallest absolute Gasteiger partial charge is 0.274 e. The average molecular weight is 358 g/mol. The summed E-state index contributed by atoms with van der Waals surface area (Å²) in [6, 6.07) is 6.49. The molecule has 2 aliphatic heterocycles. The molecule has 1 fully saturated rings. The van der Waals surface area contributed by atoms with Crippen molar-refractivity contribution in [3.63, 3.8) is 0 Å². The number of ether oxygens (including phenoxy) is 1. The van der Waals surface area contributed by atoms with Crippen molar-refractivity contribution in [3.8, 4) is 0 Å². The fourth-order valence-corrected chi connectivity index (χ4v) is 3.82. The second-order valence-electron chi connectivity index (χ2n) is 7.01. The van der Waals surface area contributed by atoms with Crippen LogP contribution in [0.3, 0.4) is 0 Å². The number of amides is 1. The van der Waals surface area contributed by atoms with Crippen LogP contribution in [0.15, 0.2) is 24.3 Å². The predicted molar refractivity (Wildman–Crippen MR) is 95.8 cm³/mol. The number of H-pyrrole nitrogens is 1. The van der Waals surface area contributed by atoms with Crippen LogP contribution in [0.2, 0.25) is 0 Å². The second kappa shape index (κ2) is 6.72. The third kappa shape index (κ3) is 3.07. The number of piperazine rings is 1. The van der Waals surface area contributed by atoms with Crippen LogP contribution in [0.5, 0.6) is 0 Å². The molecule has 1 saturated heterocycles. The molecule has 26 heavy (non-hydrogen) atoms. The molecule has 2 atom stereocenters. The van der Waals surface area contributed by atoms with E-state index < -0.39 is 0 Å². The molecule has 0 radical (unpaired) electrons. The van der Waals surface area contributed by atoms with Crippen molar-refractivity contribution in [1.29, 1.82) is 0 Å². The van der Waals surface area contributed by atoms with Gasteiger partial charge in [-0.2, -0.15) is 5.10 Å². The molecule has 138 valence electrons. The maximum Gasteiger partial charge on any atom is 0.274 e. The van der Waals surface area contributed by atoms with E-state index in [0.717, 1.165) is 30.0 Å². The highest BCUT2D eigenvalue weighted by Gasteiger charge is 2.32. The SMILES string of the molecule is C[C@@H]1Cc2c(C(=O)N3CCN(c4ccc(F)cc4)CC3)n[nH]c2[C@H](C)O1. The van der Waals surface area contributed by atoms with Gasteiger partial charge in [-0.1, -0.05) is 0 Å². The summed E-state index contributed by atoms with van der Waals surface area (Å²) < 4.78 is 18.9. The van der Waals surface area contributed by atoms with Gasteiger partial charge in [-0.15, -0.1) is 0 Å². The van der Waals surface area contributed by atoms with E-state index in [1.807, 2.05) is 18.7 Å². The Balaban J connectivity index is 1.45. The second-order valence-corrected chi connectivity index (χ2v) is 7.01. The molecule has 1 N–H and O–H groups in total. The molecule has 0 unspecified atom stereocenters. The molecule has 2 aliphatic rings. The number of aromatic amines is 1. The van der Waals surface area contributed by atoms with Crippen molar-refractivity contribution in [1.82, 2.24) is 15.1 Å². The summed E-state index contributed by atoms with van der Waals surface area (Å²) in [5.41, 5.74) is 3.41. The van der Waals surface area contributed by atoms with Crippen LogP contribution in [0, 0.1) is 5.82 Å². The van der Waals surface area contributed by atoms with Crippen LogP contribution in [0.25, 0.3) is 0 Å². The summed E-state index contributed by atoms with van der Waals surface area (Å²) in [5.74, 6) is -0.263. The fourth-order valence-electron chi connectivity index (χ4n) is 3.82. The van der Waals surface area contributed by atoms with E-state index in [0.29, 0.717) is 25.2 Å². The van der Waals surface area contributed by atoms with Crippen LogP contribution >= 0.6 is 0 Å². The topological polar surface area (TPSA) is 61.5 Å². The van der Waals surface area contributed by atoms with Crippen LogP contribution in [-0.2, 0) is 11.2 Å². The number of carbonyl (C=O) groups is 1. The van der Waals surface area contributed by atoms with E-state index in [4.69, 9.17) is 4.74 Å². The van der Waals surface area contributed by atoms with Crippen LogP contribution in [0.4, 0.5) is 10.1 Å². The highest BCUT2D eigenvalue weighted by Crippen LogP contribution is 2.30.